The van der Waals surface area contributed by atoms with Crippen LogP contribution in [-0.2, 0) is 4.74 Å². The lowest BCUT2D eigenvalue weighted by atomic mass is 10.1. The average Bonchev–Trinajstić information content (AvgIpc) is 2.55. The minimum absolute atomic E-state index is 0.199. The summed E-state index contributed by atoms with van der Waals surface area (Å²) in [6.07, 6.45) is 3.88. The van der Waals surface area contributed by atoms with Crippen LogP contribution in [0.3, 0.4) is 0 Å². The van der Waals surface area contributed by atoms with Gasteiger partial charge in [0, 0.05) is 11.6 Å². The van der Waals surface area contributed by atoms with E-state index in [4.69, 9.17) is 9.47 Å². The fourth-order valence-electron chi connectivity index (χ4n) is 2.56. The summed E-state index contributed by atoms with van der Waals surface area (Å²) in [5, 5.41) is 5.16. The van der Waals surface area contributed by atoms with Gasteiger partial charge in [-0.2, -0.15) is 0 Å². The Labute approximate surface area is 123 Å². The van der Waals surface area contributed by atoms with Crippen LogP contribution < -0.4 is 10.1 Å². The van der Waals surface area contributed by atoms with Crippen molar-refractivity contribution in [3.8, 4) is 5.88 Å². The Morgan fingerprint density at radius 1 is 1.29 bits per heavy atom. The van der Waals surface area contributed by atoms with Crippen molar-refractivity contribution in [2.45, 2.75) is 18.9 Å². The standard InChI is InChI=1S/C16H18N2O3/c1-20-16(19)12-2-3-14-11(10-12)4-9-18-15(14)21-13-5-7-17-8-6-13/h2-4,9-10,13,17H,5-8H2,1H3. The first-order valence-electron chi connectivity index (χ1n) is 7.12. The molecule has 1 saturated heterocycles. The van der Waals surface area contributed by atoms with Crippen LogP contribution in [0.15, 0.2) is 30.5 Å². The summed E-state index contributed by atoms with van der Waals surface area (Å²) in [6.45, 7) is 1.95. The molecular formula is C16H18N2O3. The lowest BCUT2D eigenvalue weighted by Gasteiger charge is -2.23. The average molecular weight is 286 g/mol. The zero-order chi connectivity index (χ0) is 14.7. The molecule has 5 heteroatoms. The van der Waals surface area contributed by atoms with E-state index in [1.54, 1.807) is 18.3 Å². The van der Waals surface area contributed by atoms with E-state index in [0.29, 0.717) is 11.4 Å². The summed E-state index contributed by atoms with van der Waals surface area (Å²) in [7, 11) is 1.38. The van der Waals surface area contributed by atoms with Gasteiger partial charge in [0.25, 0.3) is 0 Å². The van der Waals surface area contributed by atoms with Crippen LogP contribution in [0.2, 0.25) is 0 Å². The van der Waals surface area contributed by atoms with Crippen LogP contribution in [0.1, 0.15) is 23.2 Å². The third kappa shape index (κ3) is 2.97. The van der Waals surface area contributed by atoms with Gasteiger partial charge in [-0.15, -0.1) is 0 Å². The fraction of sp³-hybridized carbons (Fsp3) is 0.375. The Morgan fingerprint density at radius 2 is 2.10 bits per heavy atom. The second-order valence-electron chi connectivity index (χ2n) is 5.11. The summed E-state index contributed by atoms with van der Waals surface area (Å²) in [5.74, 6) is 0.297. The van der Waals surface area contributed by atoms with Crippen LogP contribution in [0.4, 0.5) is 0 Å². The van der Waals surface area contributed by atoms with Crippen molar-refractivity contribution >= 4 is 16.7 Å². The molecule has 1 aliphatic heterocycles. The first kappa shape index (κ1) is 13.8. The molecule has 0 amide bonds. The molecule has 0 spiro atoms. The lowest BCUT2D eigenvalue weighted by molar-refractivity contribution is 0.0601. The third-order valence-corrected chi connectivity index (χ3v) is 3.71. The third-order valence-electron chi connectivity index (χ3n) is 3.71. The molecule has 1 aliphatic rings. The number of aromatic nitrogens is 1. The van der Waals surface area contributed by atoms with Crippen LogP contribution >= 0.6 is 0 Å². The minimum Gasteiger partial charge on any atom is -0.474 e. The summed E-state index contributed by atoms with van der Waals surface area (Å²) in [5.41, 5.74) is 0.531. The normalized spacial score (nSPS) is 15.9. The molecule has 0 radical (unpaired) electrons. The predicted octanol–water partition coefficient (Wildman–Crippen LogP) is 2.15. The van der Waals surface area contributed by atoms with Gasteiger partial charge in [-0.05, 0) is 55.6 Å². The summed E-state index contributed by atoms with van der Waals surface area (Å²) in [4.78, 5) is 15.9. The number of benzene rings is 1. The fourth-order valence-corrected chi connectivity index (χ4v) is 2.56. The van der Waals surface area contributed by atoms with Crippen molar-refractivity contribution in [1.82, 2.24) is 10.3 Å². The topological polar surface area (TPSA) is 60.5 Å². The molecule has 2 heterocycles. The van der Waals surface area contributed by atoms with Crippen LogP contribution in [-0.4, -0.2) is 37.3 Å². The SMILES string of the molecule is COC(=O)c1ccc2c(OC3CCNCC3)nccc2c1. The summed E-state index contributed by atoms with van der Waals surface area (Å²) < 4.78 is 10.8. The zero-order valence-corrected chi connectivity index (χ0v) is 12.0. The second kappa shape index (κ2) is 6.10. The maximum atomic E-state index is 11.6. The monoisotopic (exact) mass is 286 g/mol. The van der Waals surface area contributed by atoms with Gasteiger partial charge in [0.2, 0.25) is 5.88 Å². The second-order valence-corrected chi connectivity index (χ2v) is 5.11. The number of hydrogen-bond donors (Lipinski definition) is 1. The molecule has 5 nitrogen and oxygen atoms in total. The number of carbonyl (C=O) groups is 1. The number of fused-ring (bicyclic) bond motifs is 1. The molecule has 3 rings (SSSR count). The van der Waals surface area contributed by atoms with Crippen molar-refractivity contribution < 1.29 is 14.3 Å². The van der Waals surface area contributed by atoms with E-state index < -0.39 is 0 Å². The Balaban J connectivity index is 1.90. The smallest absolute Gasteiger partial charge is 0.337 e. The first-order chi connectivity index (χ1) is 10.3. The minimum atomic E-state index is -0.338. The number of carbonyl (C=O) groups excluding carboxylic acids is 1. The molecule has 1 aromatic carbocycles. The molecule has 1 N–H and O–H groups in total. The Bertz CT molecular complexity index is 651. The Kier molecular flexibility index (Phi) is 4.01. The van der Waals surface area contributed by atoms with Gasteiger partial charge in [-0.3, -0.25) is 0 Å². The quantitative estimate of drug-likeness (QED) is 0.876. The number of pyridine rings is 1. The van der Waals surface area contributed by atoms with E-state index in [9.17, 15) is 4.79 Å². The number of methoxy groups -OCH3 is 1. The highest BCUT2D eigenvalue weighted by molar-refractivity contribution is 5.96. The van der Waals surface area contributed by atoms with Gasteiger partial charge in [-0.25, -0.2) is 9.78 Å². The van der Waals surface area contributed by atoms with Crippen molar-refractivity contribution in [3.63, 3.8) is 0 Å². The van der Waals surface area contributed by atoms with Gasteiger partial charge in [0.15, 0.2) is 0 Å². The van der Waals surface area contributed by atoms with Gasteiger partial charge in [0.05, 0.1) is 12.7 Å². The molecule has 0 unspecified atom stereocenters. The van der Waals surface area contributed by atoms with Crippen molar-refractivity contribution in [2.75, 3.05) is 20.2 Å². The Morgan fingerprint density at radius 3 is 2.86 bits per heavy atom. The molecule has 0 atom stereocenters. The van der Waals surface area contributed by atoms with Gasteiger partial charge < -0.3 is 14.8 Å². The van der Waals surface area contributed by atoms with Crippen LogP contribution in [0.25, 0.3) is 10.8 Å². The van der Waals surface area contributed by atoms with Crippen molar-refractivity contribution in [3.05, 3.63) is 36.0 Å². The predicted molar refractivity (Wildman–Crippen MR) is 79.6 cm³/mol. The summed E-state index contributed by atoms with van der Waals surface area (Å²) >= 11 is 0. The molecule has 1 aromatic heterocycles. The highest BCUT2D eigenvalue weighted by Crippen LogP contribution is 2.26. The number of ether oxygens (including phenoxy) is 2. The van der Waals surface area contributed by atoms with Crippen LogP contribution in [0, 0.1) is 0 Å². The summed E-state index contributed by atoms with van der Waals surface area (Å²) in [6, 6.07) is 7.28. The van der Waals surface area contributed by atoms with Crippen LogP contribution in [0.5, 0.6) is 5.88 Å². The van der Waals surface area contributed by atoms with Gasteiger partial charge >= 0.3 is 5.97 Å². The number of nitrogens with zero attached hydrogens (tertiary/aromatic N) is 1. The number of hydrogen-bond acceptors (Lipinski definition) is 5. The lowest BCUT2D eigenvalue weighted by Crippen LogP contribution is -2.34. The first-order valence-corrected chi connectivity index (χ1v) is 7.12. The van der Waals surface area contributed by atoms with E-state index in [1.165, 1.54) is 7.11 Å². The molecule has 21 heavy (non-hydrogen) atoms. The maximum absolute atomic E-state index is 11.6. The molecule has 0 saturated carbocycles. The molecule has 0 aliphatic carbocycles. The van der Waals surface area contributed by atoms with Gasteiger partial charge in [-0.1, -0.05) is 0 Å². The largest absolute Gasteiger partial charge is 0.474 e. The number of esters is 1. The molecule has 0 bridgehead atoms. The molecule has 1 fully saturated rings. The van der Waals surface area contributed by atoms with E-state index in [1.807, 2.05) is 12.1 Å². The van der Waals surface area contributed by atoms with Gasteiger partial charge in [0.1, 0.15) is 6.10 Å². The molecular weight excluding hydrogens is 268 g/mol. The van der Waals surface area contributed by atoms with E-state index in [0.717, 1.165) is 36.7 Å². The maximum Gasteiger partial charge on any atom is 0.337 e. The number of rotatable bonds is 3. The van der Waals surface area contributed by atoms with E-state index >= 15 is 0 Å². The highest BCUT2D eigenvalue weighted by Gasteiger charge is 2.17. The van der Waals surface area contributed by atoms with Crippen molar-refractivity contribution in [1.29, 1.82) is 0 Å². The molecule has 2 aromatic rings. The van der Waals surface area contributed by atoms with E-state index in [-0.39, 0.29) is 12.1 Å². The number of nitrogens with one attached hydrogen (secondary N) is 1. The molecule has 110 valence electrons. The Hall–Kier alpha value is -2.14. The van der Waals surface area contributed by atoms with Crippen molar-refractivity contribution in [2.24, 2.45) is 0 Å². The number of piperidine rings is 1. The zero-order valence-electron chi connectivity index (χ0n) is 12.0. The van der Waals surface area contributed by atoms with E-state index in [2.05, 4.69) is 10.3 Å². The highest BCUT2D eigenvalue weighted by atomic mass is 16.5.